The van der Waals surface area contributed by atoms with Gasteiger partial charge in [0.2, 0.25) is 0 Å². The van der Waals surface area contributed by atoms with E-state index in [0.717, 1.165) is 22.9 Å². The van der Waals surface area contributed by atoms with Crippen LogP contribution in [-0.4, -0.2) is 53.5 Å². The number of benzene rings is 1. The van der Waals surface area contributed by atoms with E-state index >= 15 is 0 Å². The number of nitrogens with one attached hydrogen (secondary N) is 1. The number of phosphoric ester groups is 1. The van der Waals surface area contributed by atoms with Gasteiger partial charge in [-0.3, -0.25) is 24.1 Å². The van der Waals surface area contributed by atoms with E-state index in [1.54, 1.807) is 0 Å². The molecule has 0 amide bonds. The van der Waals surface area contributed by atoms with Gasteiger partial charge in [-0.1, -0.05) is 0 Å². The molecule has 15 heteroatoms. The second-order valence-corrected chi connectivity index (χ2v) is 8.78. The van der Waals surface area contributed by atoms with E-state index in [2.05, 4.69) is 4.52 Å². The Labute approximate surface area is 188 Å². The summed E-state index contributed by atoms with van der Waals surface area (Å²) in [4.78, 5) is 56.4. The average molecular weight is 498 g/mol. The molecule has 4 atom stereocenters. The first-order valence-corrected chi connectivity index (χ1v) is 11.2. The van der Waals surface area contributed by atoms with Crippen LogP contribution in [-0.2, 0) is 14.9 Å². The fourth-order valence-corrected chi connectivity index (χ4v) is 4.47. The minimum absolute atomic E-state index is 0.104. The quantitative estimate of drug-likeness (QED) is 0.176. The van der Waals surface area contributed by atoms with Crippen molar-refractivity contribution < 1.29 is 43.3 Å². The van der Waals surface area contributed by atoms with Gasteiger partial charge in [0.1, 0.15) is 23.5 Å². The average Bonchev–Trinajstić information content (AvgIpc) is 2.97. The van der Waals surface area contributed by atoms with Crippen LogP contribution in [0.15, 0.2) is 49.3 Å². The maximum absolute atomic E-state index is 12.9. The number of fused-ring (bicyclic) bond motifs is 1. The zero-order valence-electron chi connectivity index (χ0n) is 17.3. The molecule has 1 aromatic carbocycles. The normalized spacial score (nSPS) is 25.1. The topological polar surface area (TPSA) is 222 Å². The number of H-pyrrole nitrogens is 1. The van der Waals surface area contributed by atoms with Gasteiger partial charge in [0.15, 0.2) is 11.8 Å². The molecule has 1 saturated heterocycles. The Morgan fingerprint density at radius 2 is 1.94 bits per heavy atom. The third-order valence-corrected chi connectivity index (χ3v) is 6.02. The second-order valence-electron chi connectivity index (χ2n) is 7.61. The molecule has 182 valence electrons. The van der Waals surface area contributed by atoms with Crippen LogP contribution in [0.2, 0.25) is 0 Å². The fraction of sp³-hybridized carbons (Fsp3) is 0.316. The van der Waals surface area contributed by atoms with E-state index in [-0.39, 0.29) is 22.3 Å². The van der Waals surface area contributed by atoms with Gasteiger partial charge in [-0.2, -0.15) is 0 Å². The second kappa shape index (κ2) is 8.29. The lowest BCUT2D eigenvalue weighted by atomic mass is 9.82. The number of aliphatic hydroxyl groups excluding tert-OH is 2. The van der Waals surface area contributed by atoms with Crippen molar-refractivity contribution in [2.45, 2.75) is 31.0 Å². The van der Waals surface area contributed by atoms with Crippen molar-refractivity contribution in [1.82, 2.24) is 9.55 Å². The lowest BCUT2D eigenvalue weighted by Crippen LogP contribution is -2.50. The molecule has 0 bridgehead atoms. The number of aromatic nitrogens is 2. The molecule has 4 rings (SSSR count). The molecule has 1 aliphatic rings. The summed E-state index contributed by atoms with van der Waals surface area (Å²) in [5.41, 5.74) is -5.86. The van der Waals surface area contributed by atoms with Gasteiger partial charge in [0.05, 0.1) is 12.2 Å². The predicted molar refractivity (Wildman–Crippen MR) is 112 cm³/mol. The minimum atomic E-state index is -4.88. The molecule has 0 spiro atoms. The number of nitrogens with zero attached hydrogens (tertiary/aromatic N) is 1. The molecular weight excluding hydrogens is 479 g/mol. The first kappa shape index (κ1) is 24.0. The Bertz CT molecular complexity index is 1490. The van der Waals surface area contributed by atoms with Gasteiger partial charge >= 0.3 is 19.1 Å². The summed E-state index contributed by atoms with van der Waals surface area (Å²) < 4.78 is 27.1. The van der Waals surface area contributed by atoms with Crippen LogP contribution in [0.1, 0.15) is 17.4 Å². The molecule has 0 unspecified atom stereocenters. The molecule has 2 aromatic heterocycles. The Kier molecular flexibility index (Phi) is 5.86. The highest BCUT2D eigenvalue weighted by Crippen LogP contribution is 2.45. The number of hydrogen-bond acceptors (Lipinski definition) is 10. The van der Waals surface area contributed by atoms with Gasteiger partial charge in [-0.25, -0.2) is 14.2 Å². The molecule has 3 heterocycles. The van der Waals surface area contributed by atoms with E-state index < -0.39 is 60.9 Å². The molecule has 3 aromatic rings. The number of ether oxygens (including phenoxy) is 1. The van der Waals surface area contributed by atoms with Gasteiger partial charge < -0.3 is 29.0 Å². The summed E-state index contributed by atoms with van der Waals surface area (Å²) >= 11 is 0. The maximum Gasteiger partial charge on any atom is 0.524 e. The summed E-state index contributed by atoms with van der Waals surface area (Å²) in [7, 11) is -4.88. The summed E-state index contributed by atoms with van der Waals surface area (Å²) in [5, 5.41) is 32.5. The van der Waals surface area contributed by atoms with Crippen LogP contribution < -0.4 is 21.4 Å². The SMILES string of the molecule is Cc1c([C@@]2(O)[C@@H](CO)O[C@@H](n3ccc(=O)[nH]c3=O)[C@@H]2O)c(=O)oc2cc(OP(=O)(O)O)ccc12. The van der Waals surface area contributed by atoms with Crippen molar-refractivity contribution >= 4 is 18.8 Å². The number of aliphatic hydroxyl groups is 3. The molecule has 0 saturated carbocycles. The van der Waals surface area contributed by atoms with Crippen molar-refractivity contribution in [1.29, 1.82) is 0 Å². The summed E-state index contributed by atoms with van der Waals surface area (Å²) in [6.45, 7) is 0.546. The molecule has 34 heavy (non-hydrogen) atoms. The summed E-state index contributed by atoms with van der Waals surface area (Å²) in [5.74, 6) is -0.287. The molecule has 14 nitrogen and oxygen atoms in total. The van der Waals surface area contributed by atoms with Crippen LogP contribution in [0.5, 0.6) is 5.75 Å². The molecule has 1 aliphatic heterocycles. The van der Waals surface area contributed by atoms with Crippen molar-refractivity contribution in [3.63, 3.8) is 0 Å². The van der Waals surface area contributed by atoms with Gasteiger partial charge in [-0.15, -0.1) is 0 Å². The van der Waals surface area contributed by atoms with Gasteiger partial charge in [-0.05, 0) is 24.6 Å². The lowest BCUT2D eigenvalue weighted by molar-refractivity contribution is -0.100. The van der Waals surface area contributed by atoms with Crippen molar-refractivity contribution in [2.24, 2.45) is 0 Å². The molecular formula is C19H19N2O12P. The smallest absolute Gasteiger partial charge is 0.422 e. The maximum atomic E-state index is 12.9. The largest absolute Gasteiger partial charge is 0.524 e. The summed E-state index contributed by atoms with van der Waals surface area (Å²) in [6.07, 6.45) is -4.11. The lowest BCUT2D eigenvalue weighted by Gasteiger charge is -2.31. The van der Waals surface area contributed by atoms with Crippen molar-refractivity contribution in [3.05, 3.63) is 72.8 Å². The van der Waals surface area contributed by atoms with Crippen molar-refractivity contribution in [2.75, 3.05) is 6.61 Å². The Morgan fingerprint density at radius 1 is 1.24 bits per heavy atom. The zero-order valence-corrected chi connectivity index (χ0v) is 18.2. The van der Waals surface area contributed by atoms with E-state index in [0.29, 0.717) is 0 Å². The van der Waals surface area contributed by atoms with Gasteiger partial charge in [0.25, 0.3) is 5.56 Å². The van der Waals surface area contributed by atoms with Crippen LogP contribution in [0, 0.1) is 6.92 Å². The standard InChI is InChI=1S/C19H19N2O12P/c1-8-10-3-2-9(33-34(28,29)30)6-11(10)31-17(25)14(8)19(27)12(7-22)32-16(15(19)24)21-5-4-13(23)20-18(21)26/h2-6,12,15-16,22,24,27H,7H2,1H3,(H,20,23,26)(H2,28,29,30)/t12-,15+,16-,19+/m1/s1. The molecule has 0 aliphatic carbocycles. The third kappa shape index (κ3) is 3.91. The Balaban J connectivity index is 1.86. The minimum Gasteiger partial charge on any atom is -0.422 e. The first-order valence-electron chi connectivity index (χ1n) is 9.68. The highest BCUT2D eigenvalue weighted by molar-refractivity contribution is 7.46. The molecule has 0 radical (unpaired) electrons. The molecule has 1 fully saturated rings. The van der Waals surface area contributed by atoms with E-state index in [1.807, 2.05) is 4.98 Å². The van der Waals surface area contributed by atoms with E-state index in [4.69, 9.17) is 18.9 Å². The highest BCUT2D eigenvalue weighted by Gasteiger charge is 2.59. The Hall–Kier alpha value is -3.10. The number of aryl methyl sites for hydroxylation is 1. The monoisotopic (exact) mass is 498 g/mol. The van der Waals surface area contributed by atoms with Crippen molar-refractivity contribution in [3.8, 4) is 5.75 Å². The summed E-state index contributed by atoms with van der Waals surface area (Å²) in [6, 6.07) is 4.54. The number of phosphoric acid groups is 1. The molecule has 6 N–H and O–H groups in total. The number of aromatic amines is 1. The van der Waals surface area contributed by atoms with Crippen LogP contribution in [0.3, 0.4) is 0 Å². The van der Waals surface area contributed by atoms with Crippen LogP contribution in [0.4, 0.5) is 0 Å². The predicted octanol–water partition coefficient (Wildman–Crippen LogP) is -1.44. The van der Waals surface area contributed by atoms with Crippen LogP contribution >= 0.6 is 7.82 Å². The van der Waals surface area contributed by atoms with E-state index in [9.17, 15) is 34.3 Å². The van der Waals surface area contributed by atoms with Crippen LogP contribution in [0.25, 0.3) is 11.0 Å². The zero-order chi connectivity index (χ0) is 25.0. The number of hydrogen-bond donors (Lipinski definition) is 6. The Morgan fingerprint density at radius 3 is 2.56 bits per heavy atom. The third-order valence-electron chi connectivity index (χ3n) is 5.57. The fourth-order valence-electron chi connectivity index (χ4n) is 4.08. The highest BCUT2D eigenvalue weighted by atomic mass is 31.2. The first-order chi connectivity index (χ1) is 15.9. The van der Waals surface area contributed by atoms with Gasteiger partial charge in [0, 0.05) is 23.7 Å². The number of rotatable bonds is 5. The van der Waals surface area contributed by atoms with E-state index in [1.165, 1.54) is 19.1 Å².